The van der Waals surface area contributed by atoms with Crippen LogP contribution in [0.2, 0.25) is 10.0 Å². The zero-order chi connectivity index (χ0) is 23.2. The summed E-state index contributed by atoms with van der Waals surface area (Å²) < 4.78 is 7.33. The highest BCUT2D eigenvalue weighted by atomic mass is 35.5. The first kappa shape index (κ1) is 22.4. The summed E-state index contributed by atoms with van der Waals surface area (Å²) in [6, 6.07) is 19.6. The highest BCUT2D eigenvalue weighted by molar-refractivity contribution is 6.35. The summed E-state index contributed by atoms with van der Waals surface area (Å²) in [5, 5.41) is 16.3. The van der Waals surface area contributed by atoms with Gasteiger partial charge in [-0.1, -0.05) is 53.5 Å². The highest BCUT2D eigenvalue weighted by Gasteiger charge is 2.12. The minimum absolute atomic E-state index is 0.154. The maximum Gasteiger partial charge on any atom is 0.271 e. The zero-order valence-electron chi connectivity index (χ0n) is 17.4. The molecule has 33 heavy (non-hydrogen) atoms. The SMILES string of the molecule is C/C(=N\NC(=O)c1ccccc1COc1ccc(Cl)cc1Cl)c1cccc(-n2cnnn2)c1. The Morgan fingerprint density at radius 3 is 2.73 bits per heavy atom. The molecule has 0 saturated heterocycles. The maximum absolute atomic E-state index is 12.8. The Balaban J connectivity index is 1.46. The molecule has 0 spiro atoms. The van der Waals surface area contributed by atoms with Crippen LogP contribution in [0.25, 0.3) is 5.69 Å². The summed E-state index contributed by atoms with van der Waals surface area (Å²) in [7, 11) is 0. The number of amides is 1. The van der Waals surface area contributed by atoms with Gasteiger partial charge in [0.05, 0.1) is 16.4 Å². The van der Waals surface area contributed by atoms with E-state index in [-0.39, 0.29) is 12.5 Å². The number of aromatic nitrogens is 4. The normalized spacial score (nSPS) is 11.3. The lowest BCUT2D eigenvalue weighted by Crippen LogP contribution is -2.21. The van der Waals surface area contributed by atoms with Crippen LogP contribution < -0.4 is 10.2 Å². The van der Waals surface area contributed by atoms with Crippen LogP contribution in [0.15, 0.2) is 78.2 Å². The fourth-order valence-corrected chi connectivity index (χ4v) is 3.49. The summed E-state index contributed by atoms with van der Waals surface area (Å²) >= 11 is 12.1. The summed E-state index contributed by atoms with van der Waals surface area (Å²) in [5.74, 6) is 0.125. The van der Waals surface area contributed by atoms with Gasteiger partial charge in [0, 0.05) is 16.1 Å². The van der Waals surface area contributed by atoms with Gasteiger partial charge in [-0.15, -0.1) is 5.10 Å². The smallest absolute Gasteiger partial charge is 0.271 e. The number of nitrogens with one attached hydrogen (secondary N) is 1. The van der Waals surface area contributed by atoms with Crippen molar-refractivity contribution in [3.05, 3.63) is 99.8 Å². The Morgan fingerprint density at radius 1 is 1.09 bits per heavy atom. The summed E-state index contributed by atoms with van der Waals surface area (Å²) in [5.41, 5.74) is 5.97. The molecule has 0 aliphatic heterocycles. The van der Waals surface area contributed by atoms with Crippen molar-refractivity contribution >= 4 is 34.8 Å². The standard InChI is InChI=1S/C23H18Cl2N6O2/c1-15(16-6-4-7-19(11-16)31-14-26-29-30-31)27-28-23(32)20-8-3-2-5-17(20)13-33-22-10-9-18(24)12-21(22)25/h2-12,14H,13H2,1H3,(H,28,32)/b27-15+. The number of carbonyl (C=O) groups excluding carboxylic acids is 1. The van der Waals surface area contributed by atoms with Gasteiger partial charge in [-0.05, 0) is 59.3 Å². The van der Waals surface area contributed by atoms with Crippen LogP contribution in [0.5, 0.6) is 5.75 Å². The second kappa shape index (κ2) is 10.2. The van der Waals surface area contributed by atoms with E-state index in [4.69, 9.17) is 27.9 Å². The van der Waals surface area contributed by atoms with E-state index in [1.165, 1.54) is 6.33 Å². The molecule has 10 heteroatoms. The van der Waals surface area contributed by atoms with Crippen LogP contribution in [0.1, 0.15) is 28.4 Å². The van der Waals surface area contributed by atoms with Gasteiger partial charge in [-0.25, -0.2) is 10.1 Å². The van der Waals surface area contributed by atoms with Crippen molar-refractivity contribution < 1.29 is 9.53 Å². The van der Waals surface area contributed by atoms with E-state index < -0.39 is 0 Å². The van der Waals surface area contributed by atoms with E-state index in [0.29, 0.717) is 32.6 Å². The molecule has 0 radical (unpaired) electrons. The maximum atomic E-state index is 12.8. The monoisotopic (exact) mass is 480 g/mol. The Bertz CT molecular complexity index is 1310. The second-order valence-corrected chi connectivity index (χ2v) is 7.81. The van der Waals surface area contributed by atoms with Gasteiger partial charge in [0.15, 0.2) is 0 Å². The molecule has 4 rings (SSSR count). The summed E-state index contributed by atoms with van der Waals surface area (Å²) in [6.45, 7) is 1.96. The minimum Gasteiger partial charge on any atom is -0.487 e. The van der Waals surface area contributed by atoms with Crippen molar-refractivity contribution in [2.45, 2.75) is 13.5 Å². The van der Waals surface area contributed by atoms with Gasteiger partial charge in [0.1, 0.15) is 18.7 Å². The summed E-state index contributed by atoms with van der Waals surface area (Å²) in [4.78, 5) is 12.8. The molecule has 4 aromatic rings. The molecule has 1 aromatic heterocycles. The van der Waals surface area contributed by atoms with Gasteiger partial charge < -0.3 is 4.74 Å². The van der Waals surface area contributed by atoms with Crippen LogP contribution in [-0.2, 0) is 6.61 Å². The molecule has 1 N–H and O–H groups in total. The van der Waals surface area contributed by atoms with E-state index in [0.717, 1.165) is 11.3 Å². The van der Waals surface area contributed by atoms with Gasteiger partial charge >= 0.3 is 0 Å². The number of benzene rings is 3. The van der Waals surface area contributed by atoms with E-state index >= 15 is 0 Å². The van der Waals surface area contributed by atoms with Gasteiger partial charge in [0.25, 0.3) is 5.91 Å². The third kappa shape index (κ3) is 5.54. The molecule has 0 saturated carbocycles. The van der Waals surface area contributed by atoms with Crippen molar-refractivity contribution in [1.82, 2.24) is 25.6 Å². The molecule has 1 heterocycles. The fraction of sp³-hybridized carbons (Fsp3) is 0.0870. The molecule has 0 aliphatic carbocycles. The quantitative estimate of drug-likeness (QED) is 0.305. The molecular formula is C23H18Cl2N6O2. The topological polar surface area (TPSA) is 94.3 Å². The predicted molar refractivity (Wildman–Crippen MR) is 126 cm³/mol. The minimum atomic E-state index is -0.354. The van der Waals surface area contributed by atoms with Crippen LogP contribution >= 0.6 is 23.2 Å². The Morgan fingerprint density at radius 2 is 1.94 bits per heavy atom. The number of halogens is 2. The van der Waals surface area contributed by atoms with Crippen LogP contribution in [0, 0.1) is 0 Å². The molecule has 0 bridgehead atoms. The molecule has 0 atom stereocenters. The number of tetrazole rings is 1. The van der Waals surface area contributed by atoms with Crippen LogP contribution in [-0.4, -0.2) is 31.8 Å². The van der Waals surface area contributed by atoms with Gasteiger partial charge in [-0.3, -0.25) is 4.79 Å². The number of hydrogen-bond acceptors (Lipinski definition) is 6. The molecule has 0 unspecified atom stereocenters. The molecular weight excluding hydrogens is 463 g/mol. The van der Waals surface area contributed by atoms with Gasteiger partial charge in [0.2, 0.25) is 0 Å². The van der Waals surface area contributed by atoms with Crippen molar-refractivity contribution in [1.29, 1.82) is 0 Å². The van der Waals surface area contributed by atoms with Crippen molar-refractivity contribution in [2.75, 3.05) is 0 Å². The van der Waals surface area contributed by atoms with Crippen LogP contribution in [0.3, 0.4) is 0 Å². The van der Waals surface area contributed by atoms with Crippen LogP contribution in [0.4, 0.5) is 0 Å². The average molecular weight is 481 g/mol. The zero-order valence-corrected chi connectivity index (χ0v) is 19.0. The molecule has 0 fully saturated rings. The van der Waals surface area contributed by atoms with E-state index in [2.05, 4.69) is 26.1 Å². The Kier molecular flexibility index (Phi) is 6.97. The second-order valence-electron chi connectivity index (χ2n) is 6.96. The lowest BCUT2D eigenvalue weighted by atomic mass is 10.1. The van der Waals surface area contributed by atoms with Crippen molar-refractivity contribution in [2.24, 2.45) is 5.10 Å². The van der Waals surface area contributed by atoms with E-state index in [1.807, 2.05) is 36.4 Å². The molecule has 166 valence electrons. The highest BCUT2D eigenvalue weighted by Crippen LogP contribution is 2.28. The predicted octanol–water partition coefficient (Wildman–Crippen LogP) is 4.70. The number of nitrogens with zero attached hydrogens (tertiary/aromatic N) is 5. The lowest BCUT2D eigenvalue weighted by molar-refractivity contribution is 0.0952. The molecule has 0 aliphatic rings. The number of rotatable bonds is 7. The molecule has 8 nitrogen and oxygen atoms in total. The average Bonchev–Trinajstić information content (AvgIpc) is 3.37. The fourth-order valence-electron chi connectivity index (χ4n) is 3.03. The van der Waals surface area contributed by atoms with Gasteiger partial charge in [-0.2, -0.15) is 5.10 Å². The van der Waals surface area contributed by atoms with Crippen molar-refractivity contribution in [3.8, 4) is 11.4 Å². The molecule has 3 aromatic carbocycles. The van der Waals surface area contributed by atoms with E-state index in [1.54, 1.807) is 41.9 Å². The lowest BCUT2D eigenvalue weighted by Gasteiger charge is -2.12. The number of ether oxygens (including phenoxy) is 1. The first-order valence-electron chi connectivity index (χ1n) is 9.85. The number of carbonyl (C=O) groups is 1. The first-order chi connectivity index (χ1) is 16.0. The third-order valence-corrected chi connectivity index (χ3v) is 5.27. The largest absolute Gasteiger partial charge is 0.487 e. The number of hydrazone groups is 1. The summed E-state index contributed by atoms with van der Waals surface area (Å²) in [6.07, 6.45) is 1.50. The first-order valence-corrected chi connectivity index (χ1v) is 10.6. The van der Waals surface area contributed by atoms with Crippen molar-refractivity contribution in [3.63, 3.8) is 0 Å². The molecule has 1 amide bonds. The Hall–Kier alpha value is -3.75. The van der Waals surface area contributed by atoms with E-state index in [9.17, 15) is 4.79 Å². The third-order valence-electron chi connectivity index (χ3n) is 4.74. The number of hydrogen-bond donors (Lipinski definition) is 1. The Labute approximate surface area is 199 Å².